The maximum absolute atomic E-state index is 4.26. The van der Waals surface area contributed by atoms with Crippen LogP contribution in [0.25, 0.3) is 0 Å². The van der Waals surface area contributed by atoms with E-state index in [0.717, 1.165) is 25.6 Å². The van der Waals surface area contributed by atoms with E-state index < -0.39 is 0 Å². The second kappa shape index (κ2) is 4.66. The van der Waals surface area contributed by atoms with Gasteiger partial charge in [0.2, 0.25) is 0 Å². The van der Waals surface area contributed by atoms with Crippen molar-refractivity contribution >= 4 is 5.84 Å². The lowest BCUT2D eigenvalue weighted by Gasteiger charge is -2.32. The Kier molecular flexibility index (Phi) is 3.26. The summed E-state index contributed by atoms with van der Waals surface area (Å²) in [6.07, 6.45) is 4.62. The molecule has 15 heavy (non-hydrogen) atoms. The maximum atomic E-state index is 4.26. The highest BCUT2D eigenvalue weighted by molar-refractivity contribution is 5.99. The molecule has 0 atom stereocenters. The van der Waals surface area contributed by atoms with Crippen molar-refractivity contribution in [2.75, 3.05) is 26.8 Å². The molecule has 0 saturated carbocycles. The van der Waals surface area contributed by atoms with Gasteiger partial charge < -0.3 is 15.5 Å². The molecule has 0 aromatic heterocycles. The molecule has 0 aromatic carbocycles. The second-order valence-electron chi connectivity index (χ2n) is 4.03. The number of hydrogen-bond acceptors (Lipinski definition) is 3. The van der Waals surface area contributed by atoms with Crippen LogP contribution in [0.5, 0.6) is 0 Å². The van der Waals surface area contributed by atoms with Crippen molar-refractivity contribution in [3.05, 3.63) is 11.8 Å². The molecule has 2 fully saturated rings. The van der Waals surface area contributed by atoms with E-state index >= 15 is 0 Å². The molecule has 2 N–H and O–H groups in total. The van der Waals surface area contributed by atoms with Crippen LogP contribution in [-0.4, -0.2) is 43.6 Å². The maximum Gasteiger partial charge on any atom is 0.145 e. The van der Waals surface area contributed by atoms with Crippen molar-refractivity contribution in [2.24, 2.45) is 4.99 Å². The Morgan fingerprint density at radius 1 is 1.40 bits per heavy atom. The van der Waals surface area contributed by atoms with Crippen LogP contribution in [0.2, 0.25) is 0 Å². The topological polar surface area (TPSA) is 39.7 Å². The highest BCUT2D eigenvalue weighted by atomic mass is 15.3. The lowest BCUT2D eigenvalue weighted by molar-refractivity contribution is 0.228. The van der Waals surface area contributed by atoms with Gasteiger partial charge in [0.05, 0.1) is 12.4 Å². The SMILES string of the molecule is C/C=C1\C(=NC)NCN1C1CCNCC1. The summed E-state index contributed by atoms with van der Waals surface area (Å²) in [6, 6.07) is 0.671. The third-order valence-corrected chi connectivity index (χ3v) is 3.22. The summed E-state index contributed by atoms with van der Waals surface area (Å²) in [5.74, 6) is 1.04. The Balaban J connectivity index is 2.09. The largest absolute Gasteiger partial charge is 0.351 e. The Bertz CT molecular complexity index is 276. The summed E-state index contributed by atoms with van der Waals surface area (Å²) in [5.41, 5.74) is 1.27. The van der Waals surface area contributed by atoms with Crippen LogP contribution in [0.4, 0.5) is 0 Å². The van der Waals surface area contributed by atoms with Gasteiger partial charge >= 0.3 is 0 Å². The normalized spacial score (nSPS) is 28.8. The molecule has 4 nitrogen and oxygen atoms in total. The zero-order chi connectivity index (χ0) is 10.7. The predicted octanol–water partition coefficient (Wildman–Crippen LogP) is 0.533. The standard InChI is InChI=1S/C11H20N4/c1-3-10-11(12-2)14-8-15(10)9-4-6-13-7-5-9/h3,9,13H,4-8H2,1-2H3,(H,12,14)/b10-3+. The van der Waals surface area contributed by atoms with Gasteiger partial charge in [-0.05, 0) is 32.9 Å². The zero-order valence-corrected chi connectivity index (χ0v) is 9.58. The highest BCUT2D eigenvalue weighted by Crippen LogP contribution is 2.20. The number of piperidine rings is 1. The number of amidine groups is 1. The fourth-order valence-electron chi connectivity index (χ4n) is 2.41. The van der Waals surface area contributed by atoms with Gasteiger partial charge in [0.25, 0.3) is 0 Å². The first-order chi connectivity index (χ1) is 7.36. The van der Waals surface area contributed by atoms with E-state index in [4.69, 9.17) is 0 Å². The average molecular weight is 208 g/mol. The molecule has 0 amide bonds. The smallest absolute Gasteiger partial charge is 0.145 e. The van der Waals surface area contributed by atoms with Crippen molar-refractivity contribution < 1.29 is 0 Å². The number of allylic oxidation sites excluding steroid dienone is 1. The number of nitrogens with one attached hydrogen (secondary N) is 2. The van der Waals surface area contributed by atoms with Crippen LogP contribution in [0.1, 0.15) is 19.8 Å². The monoisotopic (exact) mass is 208 g/mol. The van der Waals surface area contributed by atoms with Crippen LogP contribution in [0, 0.1) is 0 Å². The summed E-state index contributed by atoms with van der Waals surface area (Å²) < 4.78 is 0. The predicted molar refractivity (Wildman–Crippen MR) is 62.8 cm³/mol. The Morgan fingerprint density at radius 2 is 2.13 bits per heavy atom. The molecule has 0 unspecified atom stereocenters. The zero-order valence-electron chi connectivity index (χ0n) is 9.58. The summed E-state index contributed by atoms with van der Waals surface area (Å²) in [6.45, 7) is 5.27. The molecule has 84 valence electrons. The van der Waals surface area contributed by atoms with Gasteiger partial charge in [0, 0.05) is 13.1 Å². The van der Waals surface area contributed by atoms with E-state index in [1.165, 1.54) is 18.5 Å². The molecular weight excluding hydrogens is 188 g/mol. The van der Waals surface area contributed by atoms with Gasteiger partial charge in [-0.2, -0.15) is 0 Å². The van der Waals surface area contributed by atoms with Crippen molar-refractivity contribution in [3.8, 4) is 0 Å². The highest BCUT2D eigenvalue weighted by Gasteiger charge is 2.29. The van der Waals surface area contributed by atoms with Crippen molar-refractivity contribution in [2.45, 2.75) is 25.8 Å². The van der Waals surface area contributed by atoms with E-state index in [1.54, 1.807) is 0 Å². The lowest BCUT2D eigenvalue weighted by atomic mass is 10.0. The fraction of sp³-hybridized carbons (Fsp3) is 0.727. The quantitative estimate of drug-likeness (QED) is 0.660. The first kappa shape index (κ1) is 10.5. The van der Waals surface area contributed by atoms with Crippen LogP contribution < -0.4 is 10.6 Å². The Morgan fingerprint density at radius 3 is 2.73 bits per heavy atom. The molecule has 0 radical (unpaired) electrons. The first-order valence-electron chi connectivity index (χ1n) is 5.71. The Labute approximate surface area is 91.4 Å². The van der Waals surface area contributed by atoms with E-state index in [9.17, 15) is 0 Å². The first-order valence-corrected chi connectivity index (χ1v) is 5.71. The van der Waals surface area contributed by atoms with Crippen molar-refractivity contribution in [1.29, 1.82) is 0 Å². The molecular formula is C11H20N4. The van der Waals surface area contributed by atoms with E-state index in [0.29, 0.717) is 6.04 Å². The minimum absolute atomic E-state index is 0.671. The molecule has 2 rings (SSSR count). The van der Waals surface area contributed by atoms with Crippen LogP contribution >= 0.6 is 0 Å². The number of aliphatic imine (C=N–C) groups is 1. The number of hydrogen-bond donors (Lipinski definition) is 2. The van der Waals surface area contributed by atoms with Gasteiger partial charge in [0.1, 0.15) is 5.84 Å². The van der Waals surface area contributed by atoms with E-state index in [1.807, 2.05) is 7.05 Å². The van der Waals surface area contributed by atoms with Crippen molar-refractivity contribution in [3.63, 3.8) is 0 Å². The number of nitrogens with zero attached hydrogens (tertiary/aromatic N) is 2. The third kappa shape index (κ3) is 2.00. The van der Waals surface area contributed by atoms with Crippen LogP contribution in [0.3, 0.4) is 0 Å². The third-order valence-electron chi connectivity index (χ3n) is 3.22. The summed E-state index contributed by atoms with van der Waals surface area (Å²) in [4.78, 5) is 6.71. The van der Waals surface area contributed by atoms with Crippen molar-refractivity contribution in [1.82, 2.24) is 15.5 Å². The van der Waals surface area contributed by atoms with Gasteiger partial charge in [-0.25, -0.2) is 0 Å². The number of rotatable bonds is 1. The molecule has 2 aliphatic heterocycles. The lowest BCUT2D eigenvalue weighted by Crippen LogP contribution is -2.41. The van der Waals surface area contributed by atoms with Gasteiger partial charge in [-0.15, -0.1) is 0 Å². The summed E-state index contributed by atoms with van der Waals surface area (Å²) in [5, 5.41) is 6.74. The van der Waals surface area contributed by atoms with E-state index in [-0.39, 0.29) is 0 Å². The molecule has 0 spiro atoms. The molecule has 0 bridgehead atoms. The minimum atomic E-state index is 0.671. The van der Waals surface area contributed by atoms with Gasteiger partial charge in [0.15, 0.2) is 0 Å². The van der Waals surface area contributed by atoms with Gasteiger partial charge in [-0.1, -0.05) is 6.08 Å². The minimum Gasteiger partial charge on any atom is -0.351 e. The Hall–Kier alpha value is -1.03. The molecule has 0 aromatic rings. The van der Waals surface area contributed by atoms with Crippen LogP contribution in [0.15, 0.2) is 16.8 Å². The summed E-state index contributed by atoms with van der Waals surface area (Å²) in [7, 11) is 1.84. The molecule has 2 heterocycles. The fourth-order valence-corrected chi connectivity index (χ4v) is 2.41. The molecule has 4 heteroatoms. The molecule has 2 saturated heterocycles. The van der Waals surface area contributed by atoms with Crippen LogP contribution in [-0.2, 0) is 0 Å². The summed E-state index contributed by atoms with van der Waals surface area (Å²) >= 11 is 0. The average Bonchev–Trinajstić information content (AvgIpc) is 2.72. The second-order valence-corrected chi connectivity index (χ2v) is 4.03. The van der Waals surface area contributed by atoms with Gasteiger partial charge in [-0.3, -0.25) is 4.99 Å². The van der Waals surface area contributed by atoms with E-state index in [2.05, 4.69) is 33.5 Å². The molecule has 0 aliphatic carbocycles. The molecule has 2 aliphatic rings.